The molecule has 1 aromatic heterocycles. The van der Waals surface area contributed by atoms with Gasteiger partial charge in [-0.25, -0.2) is 0 Å². The number of thiocarbonyl (C=S) groups is 2. The van der Waals surface area contributed by atoms with Crippen LogP contribution in [0.1, 0.15) is 0 Å². The van der Waals surface area contributed by atoms with Crippen molar-refractivity contribution >= 4 is 52.6 Å². The minimum atomic E-state index is -0.716. The van der Waals surface area contributed by atoms with Gasteiger partial charge in [0.2, 0.25) is 0 Å². The fourth-order valence-electron chi connectivity index (χ4n) is 0.642. The van der Waals surface area contributed by atoms with Crippen LogP contribution in [0.15, 0.2) is 24.5 Å². The van der Waals surface area contributed by atoms with E-state index >= 15 is 0 Å². The summed E-state index contributed by atoms with van der Waals surface area (Å²) in [6.45, 7) is 0. The molecule has 1 heterocycles. The van der Waals surface area contributed by atoms with Gasteiger partial charge in [-0.15, -0.1) is 0 Å². The Morgan fingerprint density at radius 1 is 0.895 bits per heavy atom. The largest absolute Gasteiger partial charge is 0.159 e. The summed E-state index contributed by atoms with van der Waals surface area (Å²) in [4.78, 5) is 3.95. The third-order valence-electron chi connectivity index (χ3n) is 1.58. The van der Waals surface area contributed by atoms with Gasteiger partial charge < -0.3 is 0 Å². The first-order valence-corrected chi connectivity index (χ1v) is 15.4. The minimum absolute atomic E-state index is 0.716. The summed E-state index contributed by atoms with van der Waals surface area (Å²) in [5, 5.41) is 7.07. The average Bonchev–Trinajstić information content (AvgIpc) is 2.40. The van der Waals surface area contributed by atoms with Gasteiger partial charge >= 0.3 is 105 Å². The Bertz CT molecular complexity index is 328. The van der Waals surface area contributed by atoms with E-state index in [1.807, 2.05) is 69.6 Å². The van der Waals surface area contributed by atoms with Crippen molar-refractivity contribution < 1.29 is 14.7 Å². The van der Waals surface area contributed by atoms with Gasteiger partial charge in [0.05, 0.1) is 0 Å². The Morgan fingerprint density at radius 2 is 1.26 bits per heavy atom. The van der Waals surface area contributed by atoms with Crippen molar-refractivity contribution in [3.05, 3.63) is 24.5 Å². The van der Waals surface area contributed by atoms with Crippen molar-refractivity contribution in [1.82, 2.24) is 20.0 Å². The molecule has 102 valence electrons. The predicted octanol–water partition coefficient (Wildman–Crippen LogP) is 2.53. The molecule has 0 atom stereocenters. The van der Waals surface area contributed by atoms with Gasteiger partial charge in [0.1, 0.15) is 0 Å². The SMILES string of the molecule is CN(C)C(=S)[S][Zn][S]C(=S)N(C)C.c1ccnnc1. The van der Waals surface area contributed by atoms with E-state index in [9.17, 15) is 0 Å². The molecule has 0 aliphatic rings. The van der Waals surface area contributed by atoms with Crippen LogP contribution >= 0.6 is 43.9 Å². The van der Waals surface area contributed by atoms with Gasteiger partial charge in [-0.1, -0.05) is 0 Å². The summed E-state index contributed by atoms with van der Waals surface area (Å²) in [5.74, 6) is 0. The van der Waals surface area contributed by atoms with Crippen LogP contribution in [0.5, 0.6) is 0 Å². The van der Waals surface area contributed by atoms with Crippen LogP contribution in [0.25, 0.3) is 0 Å². The van der Waals surface area contributed by atoms with Crippen molar-refractivity contribution in [3.8, 4) is 0 Å². The van der Waals surface area contributed by atoms with E-state index in [0.29, 0.717) is 0 Å². The number of aromatic nitrogens is 2. The summed E-state index contributed by atoms with van der Waals surface area (Å²) in [6, 6.07) is 3.65. The van der Waals surface area contributed by atoms with E-state index in [1.54, 1.807) is 12.4 Å². The first-order chi connectivity index (χ1) is 8.95. The van der Waals surface area contributed by atoms with Gasteiger partial charge in [-0.2, -0.15) is 10.2 Å². The van der Waals surface area contributed by atoms with Crippen LogP contribution in [0, 0.1) is 0 Å². The van der Waals surface area contributed by atoms with Crippen LogP contribution in [-0.4, -0.2) is 56.8 Å². The smallest absolute Gasteiger partial charge is 0.0496 e. The zero-order valence-electron chi connectivity index (χ0n) is 11.4. The van der Waals surface area contributed by atoms with Gasteiger partial charge in [-0.05, 0) is 12.1 Å². The van der Waals surface area contributed by atoms with E-state index in [2.05, 4.69) is 10.2 Å². The maximum absolute atomic E-state index is 5.16. The van der Waals surface area contributed by atoms with Gasteiger partial charge in [0, 0.05) is 12.4 Å². The summed E-state index contributed by atoms with van der Waals surface area (Å²) >= 11 is 9.61. The van der Waals surface area contributed by atoms with Crippen molar-refractivity contribution in [2.75, 3.05) is 28.2 Å². The Hall–Kier alpha value is 0.183. The molecule has 0 saturated carbocycles. The standard InChI is InChI=1S/C4H4N2.2C3H7NS2.Zn/c1-2-4-6-5-3-1;2*1-4(2)3(5)6;/h1-4H;2*1-2H3,(H,5,6);/q;;;+2/p-2. The Kier molecular flexibility index (Phi) is 12.1. The van der Waals surface area contributed by atoms with E-state index in [-0.39, 0.29) is 0 Å². The molecular weight excluding hydrogens is 370 g/mol. The van der Waals surface area contributed by atoms with E-state index in [1.165, 1.54) is 0 Å². The van der Waals surface area contributed by atoms with Crippen LogP contribution in [-0.2, 0) is 14.7 Å². The summed E-state index contributed by atoms with van der Waals surface area (Å²) in [5.41, 5.74) is 0. The second-order valence-electron chi connectivity index (χ2n) is 3.64. The Balaban J connectivity index is 0.000000443. The van der Waals surface area contributed by atoms with Gasteiger partial charge in [-0.3, -0.25) is 0 Å². The van der Waals surface area contributed by atoms with E-state index in [4.69, 9.17) is 24.4 Å². The number of rotatable bonds is 2. The van der Waals surface area contributed by atoms with Crippen LogP contribution in [0.2, 0.25) is 0 Å². The first kappa shape index (κ1) is 19.2. The molecule has 1 aromatic rings. The molecule has 0 radical (unpaired) electrons. The summed E-state index contributed by atoms with van der Waals surface area (Å²) in [6.07, 6.45) is 3.28. The molecule has 0 aliphatic heterocycles. The van der Waals surface area contributed by atoms with E-state index < -0.39 is 14.7 Å². The second kappa shape index (κ2) is 12.0. The Morgan fingerprint density at radius 3 is 1.47 bits per heavy atom. The molecule has 0 aliphatic carbocycles. The van der Waals surface area contributed by atoms with Gasteiger partial charge in [0.15, 0.2) is 0 Å². The minimum Gasteiger partial charge on any atom is -0.159 e. The molecule has 0 bridgehead atoms. The molecule has 0 saturated heterocycles. The zero-order valence-corrected chi connectivity index (χ0v) is 17.7. The van der Waals surface area contributed by atoms with Crippen molar-refractivity contribution in [2.45, 2.75) is 0 Å². The molecule has 0 amide bonds. The molecule has 19 heavy (non-hydrogen) atoms. The topological polar surface area (TPSA) is 32.3 Å². The molecular formula is C10H16N4S4Zn. The third-order valence-corrected chi connectivity index (χ3v) is 15.7. The second-order valence-corrected chi connectivity index (χ2v) is 15.3. The number of hydrogen-bond acceptors (Lipinski definition) is 6. The maximum Gasteiger partial charge on any atom is 0.0496 e. The predicted molar refractivity (Wildman–Crippen MR) is 89.8 cm³/mol. The first-order valence-electron chi connectivity index (χ1n) is 5.35. The maximum atomic E-state index is 5.16. The van der Waals surface area contributed by atoms with Gasteiger partial charge in [0.25, 0.3) is 0 Å². The monoisotopic (exact) mass is 384 g/mol. The number of hydrogen-bond donors (Lipinski definition) is 0. The number of nitrogens with zero attached hydrogens (tertiary/aromatic N) is 4. The van der Waals surface area contributed by atoms with Crippen LogP contribution in [0.3, 0.4) is 0 Å². The molecule has 9 heteroatoms. The van der Waals surface area contributed by atoms with Crippen LogP contribution < -0.4 is 0 Å². The quantitative estimate of drug-likeness (QED) is 0.567. The molecule has 0 spiro atoms. The summed E-state index contributed by atoms with van der Waals surface area (Å²) in [7, 11) is 11.6. The summed E-state index contributed by atoms with van der Waals surface area (Å²) < 4.78 is 1.96. The van der Waals surface area contributed by atoms with Crippen molar-refractivity contribution in [3.63, 3.8) is 0 Å². The fourth-order valence-corrected chi connectivity index (χ4v) is 14.9. The molecule has 0 unspecified atom stereocenters. The van der Waals surface area contributed by atoms with Crippen molar-refractivity contribution in [1.29, 1.82) is 0 Å². The molecule has 0 fully saturated rings. The normalized spacial score (nSPS) is 8.63. The van der Waals surface area contributed by atoms with Crippen LogP contribution in [0.4, 0.5) is 0 Å². The zero-order chi connectivity index (χ0) is 14.7. The fraction of sp³-hybridized carbons (Fsp3) is 0.400. The third kappa shape index (κ3) is 11.7. The average molecular weight is 386 g/mol. The van der Waals surface area contributed by atoms with Crippen molar-refractivity contribution in [2.24, 2.45) is 0 Å². The molecule has 0 N–H and O–H groups in total. The molecule has 1 rings (SSSR count). The van der Waals surface area contributed by atoms with E-state index in [0.717, 1.165) is 8.64 Å². The molecule has 0 aromatic carbocycles. The molecule has 4 nitrogen and oxygen atoms in total. The Labute approximate surface area is 139 Å².